The molecule has 102 valence electrons. The van der Waals surface area contributed by atoms with Crippen LogP contribution in [0.1, 0.15) is 25.6 Å². The van der Waals surface area contributed by atoms with Crippen LogP contribution in [0.3, 0.4) is 0 Å². The second-order valence-corrected chi connectivity index (χ2v) is 5.68. The van der Waals surface area contributed by atoms with E-state index in [0.29, 0.717) is 5.88 Å². The number of aryl methyl sites for hydroxylation is 1. The third-order valence-corrected chi connectivity index (χ3v) is 3.88. The SMILES string of the molecule is CC1(Cn2c(CCCl)nc3cccnc32)CCCO1. The maximum atomic E-state index is 5.89. The van der Waals surface area contributed by atoms with Gasteiger partial charge < -0.3 is 9.30 Å². The summed E-state index contributed by atoms with van der Waals surface area (Å²) in [7, 11) is 0. The Morgan fingerprint density at radius 1 is 1.53 bits per heavy atom. The van der Waals surface area contributed by atoms with Crippen LogP contribution in [-0.4, -0.2) is 32.6 Å². The molecule has 0 bridgehead atoms. The van der Waals surface area contributed by atoms with Crippen LogP contribution in [0, 0.1) is 0 Å². The van der Waals surface area contributed by atoms with E-state index < -0.39 is 0 Å². The van der Waals surface area contributed by atoms with Gasteiger partial charge in [-0.1, -0.05) is 0 Å². The average molecular weight is 280 g/mol. The van der Waals surface area contributed by atoms with Crippen LogP contribution in [-0.2, 0) is 17.7 Å². The molecule has 3 rings (SSSR count). The topological polar surface area (TPSA) is 39.9 Å². The second-order valence-electron chi connectivity index (χ2n) is 5.30. The first-order valence-corrected chi connectivity index (χ1v) is 7.25. The van der Waals surface area contributed by atoms with Gasteiger partial charge in [0.1, 0.15) is 11.3 Å². The molecule has 2 aromatic rings. The number of hydrogen-bond donors (Lipinski definition) is 0. The highest BCUT2D eigenvalue weighted by molar-refractivity contribution is 6.17. The normalized spacial score (nSPS) is 23.3. The number of ether oxygens (including phenoxy) is 1. The predicted octanol–water partition coefficient (Wildman–Crippen LogP) is 2.78. The van der Waals surface area contributed by atoms with E-state index in [4.69, 9.17) is 16.3 Å². The van der Waals surface area contributed by atoms with Gasteiger partial charge in [-0.05, 0) is 31.9 Å². The lowest BCUT2D eigenvalue weighted by Crippen LogP contribution is -2.30. The summed E-state index contributed by atoms with van der Waals surface area (Å²) in [5.41, 5.74) is 1.76. The molecule has 1 aliphatic heterocycles. The van der Waals surface area contributed by atoms with Crippen LogP contribution < -0.4 is 0 Å². The number of hydrogen-bond acceptors (Lipinski definition) is 3. The number of nitrogens with zero attached hydrogens (tertiary/aromatic N) is 3. The summed E-state index contributed by atoms with van der Waals surface area (Å²) in [6.45, 7) is 3.81. The Morgan fingerprint density at radius 2 is 2.42 bits per heavy atom. The van der Waals surface area contributed by atoms with Crippen LogP contribution in [0.5, 0.6) is 0 Å². The number of imidazole rings is 1. The van der Waals surface area contributed by atoms with Gasteiger partial charge in [0.15, 0.2) is 5.65 Å². The van der Waals surface area contributed by atoms with E-state index in [1.807, 2.05) is 18.3 Å². The molecule has 1 fully saturated rings. The van der Waals surface area contributed by atoms with Crippen molar-refractivity contribution < 1.29 is 4.74 Å². The highest BCUT2D eigenvalue weighted by atomic mass is 35.5. The van der Waals surface area contributed by atoms with E-state index in [-0.39, 0.29) is 5.60 Å². The van der Waals surface area contributed by atoms with E-state index in [1.54, 1.807) is 0 Å². The summed E-state index contributed by atoms with van der Waals surface area (Å²) >= 11 is 5.88. The fraction of sp³-hybridized carbons (Fsp3) is 0.571. The fourth-order valence-electron chi connectivity index (χ4n) is 2.74. The Kier molecular flexibility index (Phi) is 3.46. The molecule has 0 spiro atoms. The van der Waals surface area contributed by atoms with Crippen LogP contribution >= 0.6 is 11.6 Å². The van der Waals surface area contributed by atoms with Gasteiger partial charge in [0, 0.05) is 25.1 Å². The van der Waals surface area contributed by atoms with E-state index >= 15 is 0 Å². The molecule has 0 N–H and O–H groups in total. The summed E-state index contributed by atoms with van der Waals surface area (Å²) in [5, 5.41) is 0. The first-order chi connectivity index (χ1) is 9.22. The molecule has 4 nitrogen and oxygen atoms in total. The zero-order valence-electron chi connectivity index (χ0n) is 11.1. The van der Waals surface area contributed by atoms with Gasteiger partial charge in [-0.2, -0.15) is 0 Å². The average Bonchev–Trinajstić information content (AvgIpc) is 2.97. The van der Waals surface area contributed by atoms with Crippen molar-refractivity contribution in [1.82, 2.24) is 14.5 Å². The Labute approximate surface area is 117 Å². The third-order valence-electron chi connectivity index (χ3n) is 3.69. The Bertz CT molecular complexity index is 575. The van der Waals surface area contributed by atoms with Gasteiger partial charge in [-0.25, -0.2) is 9.97 Å². The van der Waals surface area contributed by atoms with E-state index in [2.05, 4.69) is 21.5 Å². The fourth-order valence-corrected chi connectivity index (χ4v) is 2.91. The minimum absolute atomic E-state index is 0.105. The van der Waals surface area contributed by atoms with Crippen LogP contribution in [0.25, 0.3) is 11.2 Å². The van der Waals surface area contributed by atoms with Crippen molar-refractivity contribution in [2.45, 2.75) is 38.3 Å². The van der Waals surface area contributed by atoms with E-state index in [0.717, 1.165) is 49.4 Å². The van der Waals surface area contributed by atoms with Gasteiger partial charge in [0.2, 0.25) is 0 Å². The smallest absolute Gasteiger partial charge is 0.160 e. The second kappa shape index (κ2) is 5.10. The van der Waals surface area contributed by atoms with E-state index in [9.17, 15) is 0 Å². The van der Waals surface area contributed by atoms with Gasteiger partial charge in [0.25, 0.3) is 0 Å². The molecule has 2 aromatic heterocycles. The molecule has 1 saturated heterocycles. The number of alkyl halides is 1. The summed E-state index contributed by atoms with van der Waals surface area (Å²) in [4.78, 5) is 9.10. The summed E-state index contributed by atoms with van der Waals surface area (Å²) in [6, 6.07) is 3.91. The first-order valence-electron chi connectivity index (χ1n) is 6.72. The molecule has 3 heterocycles. The summed E-state index contributed by atoms with van der Waals surface area (Å²) in [6.07, 6.45) is 4.78. The lowest BCUT2D eigenvalue weighted by Gasteiger charge is -2.24. The number of fused-ring (bicyclic) bond motifs is 1. The Morgan fingerprint density at radius 3 is 3.16 bits per heavy atom. The summed E-state index contributed by atoms with van der Waals surface area (Å²) in [5.74, 6) is 1.57. The van der Waals surface area contributed by atoms with Crippen molar-refractivity contribution in [3.8, 4) is 0 Å². The molecule has 0 aliphatic carbocycles. The minimum atomic E-state index is -0.105. The van der Waals surface area contributed by atoms with Gasteiger partial charge in [0.05, 0.1) is 12.1 Å². The van der Waals surface area contributed by atoms with Gasteiger partial charge in [-0.3, -0.25) is 0 Å². The number of pyridine rings is 1. The van der Waals surface area contributed by atoms with Crippen LogP contribution in [0.4, 0.5) is 0 Å². The lowest BCUT2D eigenvalue weighted by molar-refractivity contribution is 0.00642. The predicted molar refractivity (Wildman–Crippen MR) is 75.5 cm³/mol. The number of halogens is 1. The van der Waals surface area contributed by atoms with Gasteiger partial charge >= 0.3 is 0 Å². The van der Waals surface area contributed by atoms with E-state index in [1.165, 1.54) is 0 Å². The first kappa shape index (κ1) is 12.9. The van der Waals surface area contributed by atoms with Crippen molar-refractivity contribution in [2.75, 3.05) is 12.5 Å². The molecule has 1 atom stereocenters. The standard InChI is InChI=1S/C14H18ClN3O/c1-14(6-3-9-19-14)10-18-12(5-7-15)17-11-4-2-8-16-13(11)18/h2,4,8H,3,5-7,9-10H2,1H3. The van der Waals surface area contributed by atoms with Crippen molar-refractivity contribution in [2.24, 2.45) is 0 Å². The third kappa shape index (κ3) is 2.47. The zero-order valence-corrected chi connectivity index (χ0v) is 11.9. The lowest BCUT2D eigenvalue weighted by atomic mass is 10.0. The molecule has 1 unspecified atom stereocenters. The van der Waals surface area contributed by atoms with Crippen molar-refractivity contribution >= 4 is 22.8 Å². The quantitative estimate of drug-likeness (QED) is 0.808. The number of rotatable bonds is 4. The minimum Gasteiger partial charge on any atom is -0.373 e. The van der Waals surface area contributed by atoms with Crippen LogP contribution in [0.2, 0.25) is 0 Å². The highest BCUT2D eigenvalue weighted by Crippen LogP contribution is 2.29. The molecule has 0 amide bonds. The Hall–Kier alpha value is -1.13. The Balaban J connectivity index is 2.01. The largest absolute Gasteiger partial charge is 0.373 e. The maximum Gasteiger partial charge on any atom is 0.160 e. The highest BCUT2D eigenvalue weighted by Gasteiger charge is 2.31. The molecule has 1 aliphatic rings. The molecule has 0 aromatic carbocycles. The van der Waals surface area contributed by atoms with Crippen LogP contribution in [0.15, 0.2) is 18.3 Å². The zero-order chi connectivity index (χ0) is 13.3. The van der Waals surface area contributed by atoms with Gasteiger partial charge in [-0.15, -0.1) is 11.6 Å². The molecule has 19 heavy (non-hydrogen) atoms. The molecule has 0 radical (unpaired) electrons. The van der Waals surface area contributed by atoms with Crippen molar-refractivity contribution in [1.29, 1.82) is 0 Å². The molecule has 5 heteroatoms. The van der Waals surface area contributed by atoms with Crippen molar-refractivity contribution in [3.05, 3.63) is 24.2 Å². The van der Waals surface area contributed by atoms with Crippen molar-refractivity contribution in [3.63, 3.8) is 0 Å². The summed E-state index contributed by atoms with van der Waals surface area (Å²) < 4.78 is 8.06. The monoisotopic (exact) mass is 279 g/mol. The molecular formula is C14H18ClN3O. The molecule has 0 saturated carbocycles. The molecular weight excluding hydrogens is 262 g/mol. The maximum absolute atomic E-state index is 5.89. The number of aromatic nitrogens is 3.